The molecule has 0 aliphatic carbocycles. The van der Waals surface area contributed by atoms with E-state index in [0.717, 1.165) is 25.3 Å². The zero-order valence-corrected chi connectivity index (χ0v) is 11.1. The fourth-order valence-electron chi connectivity index (χ4n) is 1.44. The summed E-state index contributed by atoms with van der Waals surface area (Å²) in [4.78, 5) is 0. The lowest BCUT2D eigenvalue weighted by Crippen LogP contribution is -2.06. The van der Waals surface area contributed by atoms with Gasteiger partial charge in [0, 0.05) is 32.4 Å². The highest BCUT2D eigenvalue weighted by Gasteiger charge is 2.09. The number of hydrogen-bond acceptors (Lipinski definition) is 4. The van der Waals surface area contributed by atoms with E-state index in [1.807, 2.05) is 6.07 Å². The fourth-order valence-corrected chi connectivity index (χ4v) is 1.67. The van der Waals surface area contributed by atoms with Crippen LogP contribution in [0.15, 0.2) is 12.1 Å². The summed E-state index contributed by atoms with van der Waals surface area (Å²) in [6.07, 6.45) is 0.921. The van der Waals surface area contributed by atoms with Crippen LogP contribution in [-0.4, -0.2) is 34.5 Å². The Kier molecular flexibility index (Phi) is 5.94. The van der Waals surface area contributed by atoms with Crippen molar-refractivity contribution in [3.8, 4) is 11.5 Å². The van der Waals surface area contributed by atoms with Crippen molar-refractivity contribution < 1.29 is 14.2 Å². The third kappa shape index (κ3) is 3.98. The molecule has 0 bridgehead atoms. The minimum absolute atomic E-state index is 0.534. The molecule has 0 saturated carbocycles. The highest BCUT2D eigenvalue weighted by molar-refractivity contribution is 6.32. The Morgan fingerprint density at radius 1 is 1.12 bits per heavy atom. The molecule has 0 unspecified atom stereocenters. The number of ether oxygens (including phenoxy) is 3. The monoisotopic (exact) mass is 259 g/mol. The molecule has 0 spiro atoms. The molecule has 0 fully saturated rings. The van der Waals surface area contributed by atoms with E-state index in [2.05, 4.69) is 5.32 Å². The van der Waals surface area contributed by atoms with Gasteiger partial charge in [-0.2, -0.15) is 0 Å². The topological polar surface area (TPSA) is 39.7 Å². The SMILES string of the molecule is COCCCNc1cc(OC)c(Cl)cc1OC. The molecule has 0 atom stereocenters. The van der Waals surface area contributed by atoms with Gasteiger partial charge in [0.2, 0.25) is 0 Å². The van der Waals surface area contributed by atoms with E-state index >= 15 is 0 Å². The van der Waals surface area contributed by atoms with Gasteiger partial charge in [-0.1, -0.05) is 11.6 Å². The molecule has 1 rings (SSSR count). The summed E-state index contributed by atoms with van der Waals surface area (Å²) < 4.78 is 15.4. The minimum atomic E-state index is 0.534. The summed E-state index contributed by atoms with van der Waals surface area (Å²) in [5.74, 6) is 1.33. The second-order valence-corrected chi connectivity index (χ2v) is 3.87. The number of benzene rings is 1. The van der Waals surface area contributed by atoms with Gasteiger partial charge in [0.1, 0.15) is 11.5 Å². The smallest absolute Gasteiger partial charge is 0.143 e. The van der Waals surface area contributed by atoms with Gasteiger partial charge in [-0.3, -0.25) is 0 Å². The molecule has 0 aliphatic heterocycles. The average Bonchev–Trinajstić information content (AvgIpc) is 2.35. The van der Waals surface area contributed by atoms with Crippen LogP contribution in [0.1, 0.15) is 6.42 Å². The summed E-state index contributed by atoms with van der Waals surface area (Å²) in [7, 11) is 4.88. The Hall–Kier alpha value is -1.13. The van der Waals surface area contributed by atoms with Crippen molar-refractivity contribution in [2.75, 3.05) is 39.8 Å². The molecule has 0 aliphatic rings. The standard InChI is InChI=1S/C12H18ClNO3/c1-15-6-4-5-14-10-8-11(16-2)9(13)7-12(10)17-3/h7-8,14H,4-6H2,1-3H3. The Morgan fingerprint density at radius 2 is 1.82 bits per heavy atom. The molecule has 1 N–H and O–H groups in total. The van der Waals surface area contributed by atoms with Crippen molar-refractivity contribution in [2.24, 2.45) is 0 Å². The average molecular weight is 260 g/mol. The molecule has 17 heavy (non-hydrogen) atoms. The summed E-state index contributed by atoms with van der Waals surface area (Å²) in [5, 5.41) is 3.79. The first kappa shape index (κ1) is 13.9. The van der Waals surface area contributed by atoms with Crippen molar-refractivity contribution in [2.45, 2.75) is 6.42 Å². The largest absolute Gasteiger partial charge is 0.495 e. The second kappa shape index (κ2) is 7.25. The second-order valence-electron chi connectivity index (χ2n) is 3.46. The maximum Gasteiger partial charge on any atom is 0.143 e. The van der Waals surface area contributed by atoms with Gasteiger partial charge in [-0.05, 0) is 6.42 Å². The van der Waals surface area contributed by atoms with E-state index in [1.165, 1.54) is 0 Å². The molecule has 1 aromatic rings. The molecule has 0 heterocycles. The van der Waals surface area contributed by atoms with Gasteiger partial charge in [0.25, 0.3) is 0 Å². The van der Waals surface area contributed by atoms with Crippen molar-refractivity contribution >= 4 is 17.3 Å². The number of nitrogens with one attached hydrogen (secondary N) is 1. The summed E-state index contributed by atoms with van der Waals surface area (Å²) in [5.41, 5.74) is 0.866. The van der Waals surface area contributed by atoms with Crippen LogP contribution < -0.4 is 14.8 Å². The fraction of sp³-hybridized carbons (Fsp3) is 0.500. The van der Waals surface area contributed by atoms with Gasteiger partial charge < -0.3 is 19.5 Å². The zero-order chi connectivity index (χ0) is 12.7. The van der Waals surface area contributed by atoms with E-state index in [0.29, 0.717) is 16.5 Å². The lowest BCUT2D eigenvalue weighted by Gasteiger charge is -2.13. The number of rotatable bonds is 7. The van der Waals surface area contributed by atoms with Gasteiger partial charge in [0.05, 0.1) is 24.9 Å². The molecular formula is C12H18ClNO3. The first-order valence-electron chi connectivity index (χ1n) is 5.37. The predicted molar refractivity (Wildman–Crippen MR) is 69.5 cm³/mol. The van der Waals surface area contributed by atoms with Crippen LogP contribution in [0.3, 0.4) is 0 Å². The first-order chi connectivity index (χ1) is 8.22. The van der Waals surface area contributed by atoms with E-state index in [4.69, 9.17) is 25.8 Å². The van der Waals surface area contributed by atoms with Crippen LogP contribution in [0.25, 0.3) is 0 Å². The van der Waals surface area contributed by atoms with Crippen molar-refractivity contribution in [3.63, 3.8) is 0 Å². The molecule has 0 radical (unpaired) electrons. The van der Waals surface area contributed by atoms with Crippen molar-refractivity contribution in [1.29, 1.82) is 0 Å². The zero-order valence-electron chi connectivity index (χ0n) is 10.4. The van der Waals surface area contributed by atoms with Crippen LogP contribution in [0.5, 0.6) is 11.5 Å². The molecule has 5 heteroatoms. The number of halogens is 1. The summed E-state index contributed by atoms with van der Waals surface area (Å²) >= 11 is 6.01. The van der Waals surface area contributed by atoms with E-state index in [1.54, 1.807) is 27.4 Å². The highest BCUT2D eigenvalue weighted by atomic mass is 35.5. The Morgan fingerprint density at radius 3 is 2.41 bits per heavy atom. The Balaban J connectivity index is 2.74. The number of hydrogen-bond donors (Lipinski definition) is 1. The van der Waals surface area contributed by atoms with Crippen LogP contribution in [-0.2, 0) is 4.74 Å². The van der Waals surface area contributed by atoms with E-state index in [9.17, 15) is 0 Å². The molecule has 96 valence electrons. The van der Waals surface area contributed by atoms with Gasteiger partial charge in [-0.25, -0.2) is 0 Å². The Bertz CT molecular complexity index is 358. The molecular weight excluding hydrogens is 242 g/mol. The first-order valence-corrected chi connectivity index (χ1v) is 5.75. The lowest BCUT2D eigenvalue weighted by molar-refractivity contribution is 0.197. The van der Waals surface area contributed by atoms with Crippen LogP contribution in [0.2, 0.25) is 5.02 Å². The minimum Gasteiger partial charge on any atom is -0.495 e. The molecule has 1 aromatic carbocycles. The van der Waals surface area contributed by atoms with Gasteiger partial charge in [0.15, 0.2) is 0 Å². The lowest BCUT2D eigenvalue weighted by atomic mass is 10.2. The third-order valence-electron chi connectivity index (χ3n) is 2.31. The van der Waals surface area contributed by atoms with E-state index < -0.39 is 0 Å². The molecule has 0 amide bonds. The maximum absolute atomic E-state index is 6.01. The molecule has 0 aromatic heterocycles. The van der Waals surface area contributed by atoms with Crippen molar-refractivity contribution in [1.82, 2.24) is 0 Å². The highest BCUT2D eigenvalue weighted by Crippen LogP contribution is 2.35. The summed E-state index contributed by atoms with van der Waals surface area (Å²) in [6, 6.07) is 3.56. The predicted octanol–water partition coefficient (Wildman–Crippen LogP) is 2.81. The van der Waals surface area contributed by atoms with Crippen LogP contribution >= 0.6 is 11.6 Å². The normalized spacial score (nSPS) is 10.1. The number of methoxy groups -OCH3 is 3. The van der Waals surface area contributed by atoms with E-state index in [-0.39, 0.29) is 0 Å². The maximum atomic E-state index is 6.01. The van der Waals surface area contributed by atoms with Gasteiger partial charge >= 0.3 is 0 Å². The van der Waals surface area contributed by atoms with Crippen molar-refractivity contribution in [3.05, 3.63) is 17.2 Å². The Labute approximate surface area is 107 Å². The summed E-state index contributed by atoms with van der Waals surface area (Å²) in [6.45, 7) is 1.52. The van der Waals surface area contributed by atoms with Crippen LogP contribution in [0.4, 0.5) is 5.69 Å². The molecule has 4 nitrogen and oxygen atoms in total. The van der Waals surface area contributed by atoms with Crippen LogP contribution in [0, 0.1) is 0 Å². The third-order valence-corrected chi connectivity index (χ3v) is 2.61. The quantitative estimate of drug-likeness (QED) is 0.765. The number of anilines is 1. The molecule has 0 saturated heterocycles. The van der Waals surface area contributed by atoms with Gasteiger partial charge in [-0.15, -0.1) is 0 Å².